The van der Waals surface area contributed by atoms with Crippen LogP contribution in [0.2, 0.25) is 0 Å². The lowest BCUT2D eigenvalue weighted by Crippen LogP contribution is -2.39. The van der Waals surface area contributed by atoms with Crippen molar-refractivity contribution >= 4 is 11.0 Å². The predicted molar refractivity (Wildman–Crippen MR) is 107 cm³/mol. The van der Waals surface area contributed by atoms with E-state index in [1.807, 2.05) is 6.07 Å². The Kier molecular flexibility index (Phi) is 5.80. The third-order valence-corrected chi connectivity index (χ3v) is 5.52. The molecule has 0 bridgehead atoms. The van der Waals surface area contributed by atoms with Crippen molar-refractivity contribution in [1.82, 2.24) is 20.1 Å². The number of benzene rings is 2. The minimum absolute atomic E-state index is 0.747. The molecule has 1 atom stereocenters. The Hall–Kier alpha value is -2.24. The summed E-state index contributed by atoms with van der Waals surface area (Å²) in [5, 5.41) is 7.91. The number of piperidine rings is 1. The molecule has 0 saturated carbocycles. The van der Waals surface area contributed by atoms with E-state index in [1.165, 1.54) is 37.1 Å². The summed E-state index contributed by atoms with van der Waals surface area (Å²) in [7, 11) is 2.24. The molecule has 1 saturated heterocycles. The van der Waals surface area contributed by atoms with Gasteiger partial charge in [0.15, 0.2) is 0 Å². The van der Waals surface area contributed by atoms with Crippen LogP contribution < -0.4 is 0 Å². The van der Waals surface area contributed by atoms with E-state index >= 15 is 0 Å². The van der Waals surface area contributed by atoms with Gasteiger partial charge >= 0.3 is 0 Å². The first kappa shape index (κ1) is 18.1. The minimum Gasteiger partial charge on any atom is -0.306 e. The number of aromatic nitrogens is 2. The van der Waals surface area contributed by atoms with Gasteiger partial charge in [-0.25, -0.2) is 4.63 Å². The first-order valence-electron chi connectivity index (χ1n) is 9.92. The summed E-state index contributed by atoms with van der Waals surface area (Å²) in [5.41, 5.74) is 4.34. The highest BCUT2D eigenvalue weighted by atomic mass is 16.6. The molecule has 5 nitrogen and oxygen atoms in total. The van der Waals surface area contributed by atoms with Crippen molar-refractivity contribution in [2.75, 3.05) is 33.2 Å². The van der Waals surface area contributed by atoms with Crippen LogP contribution in [0.4, 0.5) is 0 Å². The quantitative estimate of drug-likeness (QED) is 0.641. The number of fused-ring (bicyclic) bond motifs is 1. The van der Waals surface area contributed by atoms with E-state index in [0.29, 0.717) is 0 Å². The maximum atomic E-state index is 4.84. The van der Waals surface area contributed by atoms with Crippen LogP contribution in [0.15, 0.2) is 53.2 Å². The molecule has 0 radical (unpaired) electrons. The number of likely N-dealkylation sites (tertiary alicyclic amines) is 1. The lowest BCUT2D eigenvalue weighted by atomic mass is 9.97. The fourth-order valence-electron chi connectivity index (χ4n) is 4.14. The Bertz CT molecular complexity index is 848. The van der Waals surface area contributed by atoms with Gasteiger partial charge in [0.25, 0.3) is 0 Å². The summed E-state index contributed by atoms with van der Waals surface area (Å²) in [6.07, 6.45) is 3.72. The van der Waals surface area contributed by atoms with Gasteiger partial charge in [0, 0.05) is 26.2 Å². The third kappa shape index (κ3) is 4.93. The Labute approximate surface area is 160 Å². The van der Waals surface area contributed by atoms with Crippen LogP contribution in [-0.2, 0) is 13.0 Å². The van der Waals surface area contributed by atoms with E-state index in [0.717, 1.165) is 43.0 Å². The monoisotopic (exact) mass is 364 g/mol. The summed E-state index contributed by atoms with van der Waals surface area (Å²) in [6.45, 7) is 5.59. The zero-order valence-electron chi connectivity index (χ0n) is 16.1. The molecule has 5 heteroatoms. The van der Waals surface area contributed by atoms with Crippen molar-refractivity contribution in [3.63, 3.8) is 0 Å². The van der Waals surface area contributed by atoms with E-state index < -0.39 is 0 Å². The highest BCUT2D eigenvalue weighted by Crippen LogP contribution is 2.19. The van der Waals surface area contributed by atoms with Gasteiger partial charge in [-0.1, -0.05) is 36.4 Å². The molecule has 0 N–H and O–H groups in total. The molecule has 1 aliphatic heterocycles. The Balaban J connectivity index is 1.45. The molecule has 1 aromatic heterocycles. The van der Waals surface area contributed by atoms with Gasteiger partial charge in [0.2, 0.25) is 0 Å². The SMILES string of the molecule is CN1CCCC(CN(CCc2ccccc2)Cc2ccc3nonc3c2)C1. The third-order valence-electron chi connectivity index (χ3n) is 5.52. The van der Waals surface area contributed by atoms with Gasteiger partial charge in [-0.05, 0) is 72.3 Å². The van der Waals surface area contributed by atoms with Crippen LogP contribution in [0.3, 0.4) is 0 Å². The van der Waals surface area contributed by atoms with Gasteiger partial charge in [0.05, 0.1) is 0 Å². The van der Waals surface area contributed by atoms with Crippen molar-refractivity contribution in [1.29, 1.82) is 0 Å². The minimum atomic E-state index is 0.747. The first-order chi connectivity index (χ1) is 13.3. The molecule has 142 valence electrons. The fourth-order valence-corrected chi connectivity index (χ4v) is 4.14. The van der Waals surface area contributed by atoms with Gasteiger partial charge in [-0.3, -0.25) is 4.90 Å². The molecule has 0 amide bonds. The van der Waals surface area contributed by atoms with Crippen LogP contribution >= 0.6 is 0 Å². The highest BCUT2D eigenvalue weighted by Gasteiger charge is 2.20. The van der Waals surface area contributed by atoms with Crippen LogP contribution in [0.25, 0.3) is 11.0 Å². The zero-order valence-corrected chi connectivity index (χ0v) is 16.1. The molecule has 0 aliphatic carbocycles. The number of hydrogen-bond donors (Lipinski definition) is 0. The summed E-state index contributed by atoms with van der Waals surface area (Å²) in [4.78, 5) is 5.07. The topological polar surface area (TPSA) is 45.4 Å². The van der Waals surface area contributed by atoms with Crippen molar-refractivity contribution in [2.45, 2.75) is 25.8 Å². The second-order valence-electron chi connectivity index (χ2n) is 7.83. The Morgan fingerprint density at radius 2 is 1.93 bits per heavy atom. The lowest BCUT2D eigenvalue weighted by Gasteiger charge is -2.34. The molecule has 0 spiro atoms. The lowest BCUT2D eigenvalue weighted by molar-refractivity contribution is 0.148. The maximum absolute atomic E-state index is 4.84. The molecule has 4 rings (SSSR count). The largest absolute Gasteiger partial charge is 0.306 e. The predicted octanol–water partition coefficient (Wildman–Crippen LogP) is 3.61. The van der Waals surface area contributed by atoms with Crippen LogP contribution in [0.1, 0.15) is 24.0 Å². The van der Waals surface area contributed by atoms with E-state index in [4.69, 9.17) is 4.63 Å². The number of nitrogens with zero attached hydrogens (tertiary/aromatic N) is 4. The van der Waals surface area contributed by atoms with Crippen molar-refractivity contribution in [3.05, 3.63) is 59.7 Å². The number of rotatable bonds is 7. The molecule has 1 unspecified atom stereocenters. The molecule has 3 aromatic rings. The smallest absolute Gasteiger partial charge is 0.135 e. The van der Waals surface area contributed by atoms with Gasteiger partial charge in [-0.2, -0.15) is 0 Å². The Morgan fingerprint density at radius 1 is 1.07 bits per heavy atom. The van der Waals surface area contributed by atoms with Crippen LogP contribution in [0.5, 0.6) is 0 Å². The van der Waals surface area contributed by atoms with Crippen molar-refractivity contribution < 1.29 is 4.63 Å². The van der Waals surface area contributed by atoms with Crippen LogP contribution in [-0.4, -0.2) is 53.3 Å². The standard InChI is InChI=1S/C22H28N4O/c1-25-12-5-8-20(15-25)17-26(13-11-18-6-3-2-4-7-18)16-19-9-10-21-22(14-19)24-27-23-21/h2-4,6-7,9-10,14,20H,5,8,11-13,15-17H2,1H3. The average molecular weight is 364 g/mol. The zero-order chi connectivity index (χ0) is 18.5. The second kappa shape index (κ2) is 8.63. The molecule has 27 heavy (non-hydrogen) atoms. The van der Waals surface area contributed by atoms with E-state index in [9.17, 15) is 0 Å². The summed E-state index contributed by atoms with van der Waals surface area (Å²) >= 11 is 0. The van der Waals surface area contributed by atoms with Gasteiger partial charge < -0.3 is 4.90 Å². The van der Waals surface area contributed by atoms with Crippen molar-refractivity contribution in [3.8, 4) is 0 Å². The molecular weight excluding hydrogens is 336 g/mol. The summed E-state index contributed by atoms with van der Waals surface area (Å²) in [5.74, 6) is 0.747. The summed E-state index contributed by atoms with van der Waals surface area (Å²) in [6, 6.07) is 17.0. The molecule has 1 aliphatic rings. The molecule has 1 fully saturated rings. The summed E-state index contributed by atoms with van der Waals surface area (Å²) < 4.78 is 4.84. The molecule has 2 aromatic carbocycles. The van der Waals surface area contributed by atoms with Gasteiger partial charge in [0.1, 0.15) is 11.0 Å². The van der Waals surface area contributed by atoms with E-state index in [-0.39, 0.29) is 0 Å². The van der Waals surface area contributed by atoms with Crippen molar-refractivity contribution in [2.24, 2.45) is 5.92 Å². The second-order valence-corrected chi connectivity index (χ2v) is 7.83. The van der Waals surface area contributed by atoms with E-state index in [1.54, 1.807) is 0 Å². The molecular formula is C22H28N4O. The van der Waals surface area contributed by atoms with Crippen LogP contribution in [0, 0.1) is 5.92 Å². The fraction of sp³-hybridized carbons (Fsp3) is 0.455. The maximum Gasteiger partial charge on any atom is 0.135 e. The number of hydrogen-bond acceptors (Lipinski definition) is 5. The average Bonchev–Trinajstić information content (AvgIpc) is 3.15. The Morgan fingerprint density at radius 3 is 2.78 bits per heavy atom. The molecule has 2 heterocycles. The highest BCUT2D eigenvalue weighted by molar-refractivity contribution is 5.73. The van der Waals surface area contributed by atoms with Gasteiger partial charge in [-0.15, -0.1) is 0 Å². The van der Waals surface area contributed by atoms with E-state index in [2.05, 4.69) is 69.6 Å². The first-order valence-corrected chi connectivity index (χ1v) is 9.92. The normalized spacial score (nSPS) is 18.4.